The van der Waals surface area contributed by atoms with Crippen LogP contribution in [-0.2, 0) is 20.9 Å². The smallest absolute Gasteiger partial charge is 0.323 e. The molecule has 0 radical (unpaired) electrons. The van der Waals surface area contributed by atoms with Gasteiger partial charge in [-0.15, -0.1) is 0 Å². The van der Waals surface area contributed by atoms with Gasteiger partial charge in [-0.1, -0.05) is 23.2 Å². The number of halogens is 2. The number of hydrogen-bond acceptors (Lipinski definition) is 6. The molecule has 1 aliphatic rings. The van der Waals surface area contributed by atoms with Gasteiger partial charge in [0.25, 0.3) is 0 Å². The van der Waals surface area contributed by atoms with Crippen LogP contribution in [0.1, 0.15) is 12.0 Å². The molecule has 2 heterocycles. The average Bonchev–Trinajstić information content (AvgIpc) is 2.50. The van der Waals surface area contributed by atoms with Crippen LogP contribution in [0.25, 0.3) is 0 Å². The van der Waals surface area contributed by atoms with E-state index >= 15 is 0 Å². The lowest BCUT2D eigenvalue weighted by Gasteiger charge is -2.27. The number of ether oxygens (including phenoxy) is 2. The van der Waals surface area contributed by atoms with Gasteiger partial charge in [0, 0.05) is 19.6 Å². The Morgan fingerprint density at radius 3 is 2.64 bits per heavy atom. The van der Waals surface area contributed by atoms with Crippen molar-refractivity contribution in [2.24, 2.45) is 5.73 Å². The summed E-state index contributed by atoms with van der Waals surface area (Å²) in [6.45, 7) is 4.02. The predicted molar refractivity (Wildman–Crippen MR) is 83.9 cm³/mol. The molecule has 0 aromatic carbocycles. The van der Waals surface area contributed by atoms with Crippen LogP contribution in [0.5, 0.6) is 0 Å². The van der Waals surface area contributed by atoms with Crippen LogP contribution in [0.2, 0.25) is 10.3 Å². The zero-order valence-corrected chi connectivity index (χ0v) is 13.6. The molecule has 0 unspecified atom stereocenters. The van der Waals surface area contributed by atoms with Gasteiger partial charge in [0.05, 0.1) is 13.2 Å². The van der Waals surface area contributed by atoms with Crippen molar-refractivity contribution >= 4 is 29.2 Å². The summed E-state index contributed by atoms with van der Waals surface area (Å²) < 4.78 is 10.5. The number of aromatic nitrogens is 1. The van der Waals surface area contributed by atoms with Crippen molar-refractivity contribution in [1.82, 2.24) is 9.88 Å². The third-order valence-corrected chi connectivity index (χ3v) is 3.75. The molecule has 1 saturated heterocycles. The van der Waals surface area contributed by atoms with E-state index in [2.05, 4.69) is 9.88 Å². The van der Waals surface area contributed by atoms with Crippen molar-refractivity contribution in [3.8, 4) is 0 Å². The number of esters is 1. The predicted octanol–water partition coefficient (Wildman–Crippen LogP) is 1.48. The SMILES string of the molecule is N[C@@H](CCN1CCOCC1)C(=O)OCc1cc(Cl)nc(Cl)c1. The Bertz CT molecular complexity index is 490. The van der Waals surface area contributed by atoms with Crippen LogP contribution < -0.4 is 5.73 Å². The number of hydrogen-bond donors (Lipinski definition) is 1. The molecule has 0 saturated carbocycles. The van der Waals surface area contributed by atoms with E-state index < -0.39 is 12.0 Å². The number of pyridine rings is 1. The molecule has 0 amide bonds. The summed E-state index contributed by atoms with van der Waals surface area (Å²) in [5, 5.41) is 0.519. The Hall–Kier alpha value is -0.920. The third-order valence-electron chi connectivity index (χ3n) is 3.37. The molecule has 1 fully saturated rings. The molecule has 1 aromatic heterocycles. The summed E-state index contributed by atoms with van der Waals surface area (Å²) in [4.78, 5) is 17.9. The van der Waals surface area contributed by atoms with Crippen LogP contribution in [-0.4, -0.2) is 54.7 Å². The monoisotopic (exact) mass is 347 g/mol. The highest BCUT2D eigenvalue weighted by Gasteiger charge is 2.18. The van der Waals surface area contributed by atoms with Gasteiger partial charge in [-0.3, -0.25) is 9.69 Å². The number of nitrogens with zero attached hydrogens (tertiary/aromatic N) is 2. The molecule has 122 valence electrons. The first kappa shape index (κ1) is 17.4. The third kappa shape index (κ3) is 5.70. The second-order valence-corrected chi connectivity index (χ2v) is 5.85. The lowest BCUT2D eigenvalue weighted by molar-refractivity contribution is -0.146. The first-order chi connectivity index (χ1) is 10.5. The van der Waals surface area contributed by atoms with Crippen molar-refractivity contribution in [3.63, 3.8) is 0 Å². The standard InChI is InChI=1S/C14H19Cl2N3O3/c15-12-7-10(8-13(16)18-12)9-22-14(20)11(17)1-2-19-3-5-21-6-4-19/h7-8,11H,1-6,9,17H2/t11-/m0/s1. The number of carbonyl (C=O) groups excluding carboxylic acids is 1. The van der Waals surface area contributed by atoms with E-state index in [0.29, 0.717) is 12.0 Å². The molecule has 22 heavy (non-hydrogen) atoms. The molecule has 8 heteroatoms. The van der Waals surface area contributed by atoms with Crippen LogP contribution in [0.4, 0.5) is 0 Å². The Labute approximate surface area is 139 Å². The largest absolute Gasteiger partial charge is 0.460 e. The highest BCUT2D eigenvalue weighted by molar-refractivity contribution is 6.32. The fraction of sp³-hybridized carbons (Fsp3) is 0.571. The number of carbonyl (C=O) groups is 1. The maximum absolute atomic E-state index is 11.9. The van der Waals surface area contributed by atoms with Crippen LogP contribution in [0, 0.1) is 0 Å². The lowest BCUT2D eigenvalue weighted by atomic mass is 10.2. The number of rotatable bonds is 6. The van der Waals surface area contributed by atoms with Gasteiger partial charge in [0.15, 0.2) is 0 Å². The molecular weight excluding hydrogens is 329 g/mol. The summed E-state index contributed by atoms with van der Waals surface area (Å²) in [6, 6.07) is 2.55. The highest BCUT2D eigenvalue weighted by Crippen LogP contribution is 2.15. The molecule has 0 bridgehead atoms. The van der Waals surface area contributed by atoms with E-state index in [1.54, 1.807) is 12.1 Å². The van der Waals surface area contributed by atoms with Gasteiger partial charge >= 0.3 is 5.97 Å². The van der Waals surface area contributed by atoms with E-state index in [1.807, 2.05) is 0 Å². The molecule has 1 aromatic rings. The topological polar surface area (TPSA) is 77.7 Å². The number of nitrogens with two attached hydrogens (primary N) is 1. The quantitative estimate of drug-likeness (QED) is 0.620. The van der Waals surface area contributed by atoms with Crippen molar-refractivity contribution in [2.45, 2.75) is 19.1 Å². The Morgan fingerprint density at radius 2 is 2.00 bits per heavy atom. The van der Waals surface area contributed by atoms with Gasteiger partial charge in [-0.25, -0.2) is 4.98 Å². The minimum Gasteiger partial charge on any atom is -0.460 e. The first-order valence-corrected chi connectivity index (χ1v) is 7.84. The second-order valence-electron chi connectivity index (χ2n) is 5.08. The van der Waals surface area contributed by atoms with Gasteiger partial charge in [0.1, 0.15) is 23.0 Å². The van der Waals surface area contributed by atoms with Gasteiger partial charge in [-0.05, 0) is 24.1 Å². The van der Waals surface area contributed by atoms with Crippen LogP contribution >= 0.6 is 23.2 Å². The molecule has 2 N–H and O–H groups in total. The number of morpholine rings is 1. The van der Waals surface area contributed by atoms with Crippen LogP contribution in [0.15, 0.2) is 12.1 Å². The Kier molecular flexibility index (Phi) is 6.85. The molecule has 1 atom stereocenters. The molecule has 1 aliphatic heterocycles. The van der Waals surface area contributed by atoms with Crippen LogP contribution in [0.3, 0.4) is 0 Å². The van der Waals surface area contributed by atoms with E-state index in [0.717, 1.165) is 32.8 Å². The lowest BCUT2D eigenvalue weighted by Crippen LogP contribution is -2.41. The van der Waals surface area contributed by atoms with E-state index in [4.69, 9.17) is 38.4 Å². The van der Waals surface area contributed by atoms with E-state index in [-0.39, 0.29) is 16.9 Å². The fourth-order valence-electron chi connectivity index (χ4n) is 2.12. The molecule has 6 nitrogen and oxygen atoms in total. The molecular formula is C14H19Cl2N3O3. The van der Waals surface area contributed by atoms with Gasteiger partial charge < -0.3 is 15.2 Å². The van der Waals surface area contributed by atoms with E-state index in [9.17, 15) is 4.79 Å². The minimum atomic E-state index is -0.643. The van der Waals surface area contributed by atoms with Crippen molar-refractivity contribution in [1.29, 1.82) is 0 Å². The summed E-state index contributed by atoms with van der Waals surface area (Å²) in [6.07, 6.45) is 0.552. The van der Waals surface area contributed by atoms with E-state index in [1.165, 1.54) is 0 Å². The summed E-state index contributed by atoms with van der Waals surface area (Å²) in [7, 11) is 0. The van der Waals surface area contributed by atoms with Crippen molar-refractivity contribution in [2.75, 3.05) is 32.8 Å². The Balaban J connectivity index is 1.73. The molecule has 2 rings (SSSR count). The zero-order chi connectivity index (χ0) is 15.9. The average molecular weight is 348 g/mol. The van der Waals surface area contributed by atoms with Gasteiger partial charge in [0.2, 0.25) is 0 Å². The van der Waals surface area contributed by atoms with Crippen molar-refractivity contribution < 1.29 is 14.3 Å². The Morgan fingerprint density at radius 1 is 1.36 bits per heavy atom. The normalized spacial score (nSPS) is 17.2. The van der Waals surface area contributed by atoms with Gasteiger partial charge in [-0.2, -0.15) is 0 Å². The summed E-state index contributed by atoms with van der Waals surface area (Å²) >= 11 is 11.6. The maximum Gasteiger partial charge on any atom is 0.323 e. The summed E-state index contributed by atoms with van der Waals surface area (Å²) in [5.74, 6) is -0.433. The fourth-order valence-corrected chi connectivity index (χ4v) is 2.63. The zero-order valence-electron chi connectivity index (χ0n) is 12.1. The highest BCUT2D eigenvalue weighted by atomic mass is 35.5. The minimum absolute atomic E-state index is 0.0754. The maximum atomic E-state index is 11.9. The molecule has 0 aliphatic carbocycles. The molecule has 0 spiro atoms. The van der Waals surface area contributed by atoms with Crippen molar-refractivity contribution in [3.05, 3.63) is 28.0 Å². The first-order valence-electron chi connectivity index (χ1n) is 7.09. The second kappa shape index (κ2) is 8.64. The summed E-state index contributed by atoms with van der Waals surface area (Å²) in [5.41, 5.74) is 6.54.